The van der Waals surface area contributed by atoms with Gasteiger partial charge in [-0.1, -0.05) is 72.8 Å². The van der Waals surface area contributed by atoms with Crippen molar-refractivity contribution in [2.75, 3.05) is 58.7 Å². The molecule has 1 aliphatic rings. The molecule has 4 aromatic carbocycles. The highest BCUT2D eigenvalue weighted by Gasteiger charge is 2.45. The van der Waals surface area contributed by atoms with E-state index in [0.29, 0.717) is 31.3 Å². The van der Waals surface area contributed by atoms with Gasteiger partial charge in [-0.3, -0.25) is 0 Å². The first-order chi connectivity index (χ1) is 22.6. The zero-order chi connectivity index (χ0) is 32.2. The topological polar surface area (TPSA) is 107 Å². The summed E-state index contributed by atoms with van der Waals surface area (Å²) in [6, 6.07) is 32.9. The van der Waals surface area contributed by atoms with Gasteiger partial charge >= 0.3 is 0 Å². The standard InChI is InChI=1S/C37H39ClO8/c38-23-29(40)25-45-31-13-9-27(10-14-31)37(35-7-3-1-5-33(35)34-6-2-4-8-36(34)37)28-11-15-32(16-12-28)46-26-30(41)24-44-22-21-43-20-19-42-18-17-39/h1-16,24,29,39-41H,17-23,25-26H2/b30-24-/t29-/m1/s1. The number of fused-ring (bicyclic) bond motifs is 3. The number of ether oxygens (including phenoxy) is 5. The number of hydrogen-bond donors (Lipinski definition) is 3. The van der Waals surface area contributed by atoms with Gasteiger partial charge in [-0.15, -0.1) is 11.6 Å². The van der Waals surface area contributed by atoms with Crippen LogP contribution < -0.4 is 9.47 Å². The summed E-state index contributed by atoms with van der Waals surface area (Å²) in [7, 11) is 0. The Balaban J connectivity index is 1.32. The van der Waals surface area contributed by atoms with E-state index in [1.54, 1.807) is 0 Å². The van der Waals surface area contributed by atoms with Crippen molar-refractivity contribution in [3.63, 3.8) is 0 Å². The molecule has 0 unspecified atom stereocenters. The Morgan fingerprint density at radius 2 is 1.22 bits per heavy atom. The third-order valence-corrected chi connectivity index (χ3v) is 8.06. The lowest BCUT2D eigenvalue weighted by Gasteiger charge is -2.34. The summed E-state index contributed by atoms with van der Waals surface area (Å²) >= 11 is 5.74. The average Bonchev–Trinajstić information content (AvgIpc) is 3.40. The lowest BCUT2D eigenvalue weighted by molar-refractivity contribution is 0.0195. The molecule has 0 bridgehead atoms. The summed E-state index contributed by atoms with van der Waals surface area (Å²) in [5, 5.41) is 28.8. The molecule has 0 aromatic heterocycles. The highest BCUT2D eigenvalue weighted by Crippen LogP contribution is 2.56. The summed E-state index contributed by atoms with van der Waals surface area (Å²) in [5.41, 5.74) is 6.25. The highest BCUT2D eigenvalue weighted by molar-refractivity contribution is 6.18. The summed E-state index contributed by atoms with van der Waals surface area (Å²) in [5.74, 6) is 1.31. The molecule has 8 nitrogen and oxygen atoms in total. The van der Waals surface area contributed by atoms with E-state index in [1.807, 2.05) is 24.3 Å². The predicted octanol–water partition coefficient (Wildman–Crippen LogP) is 5.85. The van der Waals surface area contributed by atoms with Crippen molar-refractivity contribution in [3.05, 3.63) is 131 Å². The molecule has 1 aliphatic carbocycles. The van der Waals surface area contributed by atoms with Crippen molar-refractivity contribution < 1.29 is 39.0 Å². The van der Waals surface area contributed by atoms with Gasteiger partial charge in [-0.25, -0.2) is 0 Å². The largest absolute Gasteiger partial charge is 0.506 e. The van der Waals surface area contributed by atoms with E-state index in [4.69, 9.17) is 40.4 Å². The maximum Gasteiger partial charge on any atom is 0.164 e. The second-order valence-electron chi connectivity index (χ2n) is 10.7. The molecular weight excluding hydrogens is 608 g/mol. The van der Waals surface area contributed by atoms with Gasteiger partial charge in [0.15, 0.2) is 5.76 Å². The van der Waals surface area contributed by atoms with Crippen LogP contribution in [0.5, 0.6) is 11.5 Å². The van der Waals surface area contributed by atoms with Gasteiger partial charge in [0.25, 0.3) is 0 Å². The molecule has 9 heteroatoms. The fourth-order valence-corrected chi connectivity index (χ4v) is 5.79. The van der Waals surface area contributed by atoms with E-state index in [9.17, 15) is 10.2 Å². The van der Waals surface area contributed by atoms with Crippen LogP contribution in [-0.4, -0.2) is 80.2 Å². The van der Waals surface area contributed by atoms with E-state index in [1.165, 1.54) is 28.5 Å². The number of benzene rings is 4. The average molecular weight is 647 g/mol. The summed E-state index contributed by atoms with van der Waals surface area (Å²) in [6.45, 7) is 1.75. The first kappa shape index (κ1) is 33.3. The van der Waals surface area contributed by atoms with Crippen molar-refractivity contribution in [1.29, 1.82) is 0 Å². The van der Waals surface area contributed by atoms with E-state index in [0.717, 1.165) is 11.1 Å². The Bertz CT molecular complexity index is 1510. The molecule has 0 aliphatic heterocycles. The Hall–Kier alpha value is -4.05. The molecule has 5 rings (SSSR count). The van der Waals surface area contributed by atoms with E-state index in [2.05, 4.69) is 72.8 Å². The van der Waals surface area contributed by atoms with Crippen LogP contribution in [0.15, 0.2) is 109 Å². The van der Waals surface area contributed by atoms with Crippen LogP contribution in [0.25, 0.3) is 11.1 Å². The Morgan fingerprint density at radius 3 is 1.78 bits per heavy atom. The van der Waals surface area contributed by atoms with Gasteiger partial charge < -0.3 is 39.0 Å². The summed E-state index contributed by atoms with van der Waals surface area (Å²) in [4.78, 5) is 0. The molecule has 0 saturated carbocycles. The lowest BCUT2D eigenvalue weighted by atomic mass is 9.68. The minimum absolute atomic E-state index is 0.0161. The molecule has 0 saturated heterocycles. The van der Waals surface area contributed by atoms with E-state index < -0.39 is 11.5 Å². The van der Waals surface area contributed by atoms with Gasteiger partial charge in [-0.05, 0) is 57.6 Å². The normalized spacial score (nSPS) is 13.9. The monoisotopic (exact) mass is 646 g/mol. The molecule has 0 fully saturated rings. The predicted molar refractivity (Wildman–Crippen MR) is 177 cm³/mol. The maximum atomic E-state index is 10.2. The smallest absolute Gasteiger partial charge is 0.164 e. The Kier molecular flexibility index (Phi) is 11.9. The van der Waals surface area contributed by atoms with Crippen LogP contribution in [0.3, 0.4) is 0 Å². The van der Waals surface area contributed by atoms with Gasteiger partial charge in [0.05, 0.1) is 44.3 Å². The molecule has 0 amide bonds. The van der Waals surface area contributed by atoms with Gasteiger partial charge in [0, 0.05) is 0 Å². The van der Waals surface area contributed by atoms with Crippen LogP contribution in [0.1, 0.15) is 22.3 Å². The molecule has 3 N–H and O–H groups in total. The fraction of sp³-hybridized carbons (Fsp3) is 0.297. The van der Waals surface area contributed by atoms with Crippen molar-refractivity contribution in [1.82, 2.24) is 0 Å². The molecular formula is C37H39ClO8. The first-order valence-corrected chi connectivity index (χ1v) is 15.8. The number of rotatable bonds is 18. The van der Waals surface area contributed by atoms with Crippen LogP contribution in [0.2, 0.25) is 0 Å². The summed E-state index contributed by atoms with van der Waals surface area (Å²) < 4.78 is 27.5. The maximum absolute atomic E-state index is 10.2. The van der Waals surface area contributed by atoms with Crippen molar-refractivity contribution >= 4 is 11.6 Å². The van der Waals surface area contributed by atoms with E-state index in [-0.39, 0.29) is 44.7 Å². The summed E-state index contributed by atoms with van der Waals surface area (Å²) in [6.07, 6.45) is 0.520. The Labute approximate surface area is 274 Å². The fourth-order valence-electron chi connectivity index (χ4n) is 5.70. The van der Waals surface area contributed by atoms with Crippen molar-refractivity contribution in [2.45, 2.75) is 11.5 Å². The highest BCUT2D eigenvalue weighted by atomic mass is 35.5. The number of halogens is 1. The third-order valence-electron chi connectivity index (χ3n) is 7.71. The lowest BCUT2D eigenvalue weighted by Crippen LogP contribution is -2.28. The molecule has 0 radical (unpaired) electrons. The molecule has 46 heavy (non-hydrogen) atoms. The van der Waals surface area contributed by atoms with Gasteiger partial charge in [0.1, 0.15) is 43.7 Å². The van der Waals surface area contributed by atoms with Crippen LogP contribution in [0.4, 0.5) is 0 Å². The van der Waals surface area contributed by atoms with Crippen LogP contribution in [-0.2, 0) is 19.6 Å². The van der Waals surface area contributed by atoms with Gasteiger partial charge in [0.2, 0.25) is 0 Å². The van der Waals surface area contributed by atoms with Gasteiger partial charge in [-0.2, -0.15) is 0 Å². The number of alkyl halides is 1. The number of hydrogen-bond acceptors (Lipinski definition) is 8. The SMILES string of the molecule is OCCOCCOCCO/C=C(\O)COc1ccc(C2(c3ccc(OC[C@H](O)CCl)cc3)c3ccccc3-c3ccccc32)cc1. The molecule has 242 valence electrons. The zero-order valence-electron chi connectivity index (χ0n) is 25.5. The van der Waals surface area contributed by atoms with E-state index >= 15 is 0 Å². The number of aliphatic hydroxyl groups excluding tert-OH is 3. The van der Waals surface area contributed by atoms with Crippen molar-refractivity contribution in [3.8, 4) is 22.6 Å². The van der Waals surface area contributed by atoms with Crippen LogP contribution in [0, 0.1) is 0 Å². The van der Waals surface area contributed by atoms with Crippen molar-refractivity contribution in [2.24, 2.45) is 0 Å². The second-order valence-corrected chi connectivity index (χ2v) is 11.0. The van der Waals surface area contributed by atoms with Crippen LogP contribution >= 0.6 is 11.6 Å². The Morgan fingerprint density at radius 1 is 0.696 bits per heavy atom. The molecule has 0 spiro atoms. The molecule has 0 heterocycles. The number of aliphatic hydroxyl groups is 3. The molecule has 4 aromatic rings. The minimum Gasteiger partial charge on any atom is -0.506 e. The first-order valence-electron chi connectivity index (χ1n) is 15.2. The quantitative estimate of drug-likeness (QED) is 0.0619. The zero-order valence-corrected chi connectivity index (χ0v) is 26.3. The second kappa shape index (κ2) is 16.5. The minimum atomic E-state index is -0.735. The molecule has 1 atom stereocenters. The third kappa shape index (κ3) is 7.66.